The molecular weight excluding hydrogens is 146 g/mol. The maximum absolute atomic E-state index is 5.73. The highest BCUT2D eigenvalue weighted by Gasteiger charge is 2.15. The van der Waals surface area contributed by atoms with Gasteiger partial charge in [-0.3, -0.25) is 0 Å². The number of nitrogens with two attached hydrogens (primary N) is 1. The molecule has 0 aromatic heterocycles. The molecule has 0 aromatic carbocycles. The summed E-state index contributed by atoms with van der Waals surface area (Å²) in [6, 6.07) is 0.493. The van der Waals surface area contributed by atoms with Gasteiger partial charge in [0.05, 0.1) is 0 Å². The summed E-state index contributed by atoms with van der Waals surface area (Å²) in [7, 11) is 0. The van der Waals surface area contributed by atoms with E-state index < -0.39 is 0 Å². The Hall–Kier alpha value is 0.250. The molecule has 0 heterocycles. The molecule has 0 spiro atoms. The van der Waals surface area contributed by atoms with Crippen LogP contribution in [0.4, 0.5) is 0 Å². The van der Waals surface area contributed by atoms with Gasteiger partial charge in [-0.25, -0.2) is 0 Å². The molecule has 10 heavy (non-hydrogen) atoms. The highest BCUT2D eigenvalue weighted by atomic mass is 35.5. The minimum atomic E-state index is 0. The lowest BCUT2D eigenvalue weighted by atomic mass is 9.85. The zero-order chi connectivity index (χ0) is 6.69. The van der Waals surface area contributed by atoms with Crippen molar-refractivity contribution >= 4 is 12.4 Å². The van der Waals surface area contributed by atoms with E-state index in [1.807, 2.05) is 0 Å². The molecule has 0 saturated heterocycles. The molecule has 0 unspecified atom stereocenters. The van der Waals surface area contributed by atoms with Crippen molar-refractivity contribution in [3.63, 3.8) is 0 Å². The van der Waals surface area contributed by atoms with E-state index >= 15 is 0 Å². The van der Waals surface area contributed by atoms with Gasteiger partial charge in [-0.1, -0.05) is 13.3 Å². The molecule has 2 heteroatoms. The van der Waals surface area contributed by atoms with E-state index in [2.05, 4.69) is 6.92 Å². The lowest BCUT2D eigenvalue weighted by Crippen LogP contribution is -2.26. The van der Waals surface area contributed by atoms with E-state index in [1.54, 1.807) is 0 Å². The van der Waals surface area contributed by atoms with E-state index in [-0.39, 0.29) is 12.4 Å². The fourth-order valence-corrected chi connectivity index (χ4v) is 1.48. The summed E-state index contributed by atoms with van der Waals surface area (Å²) < 4.78 is 0. The second kappa shape index (κ2) is 4.97. The minimum Gasteiger partial charge on any atom is -0.328 e. The van der Waals surface area contributed by atoms with Gasteiger partial charge in [0.2, 0.25) is 0 Å². The fourth-order valence-electron chi connectivity index (χ4n) is 1.48. The zero-order valence-corrected chi connectivity index (χ0v) is 7.20. The highest BCUT2D eigenvalue weighted by molar-refractivity contribution is 5.85. The lowest BCUT2D eigenvalue weighted by molar-refractivity contribution is 0.328. The van der Waals surface area contributed by atoms with Gasteiger partial charge in [0.1, 0.15) is 0 Å². The van der Waals surface area contributed by atoms with Crippen LogP contribution in [0.5, 0.6) is 0 Å². The number of hydrogen-bond donors (Lipinski definition) is 1. The van der Waals surface area contributed by atoms with Crippen LogP contribution in [0.1, 0.15) is 32.1 Å². The van der Waals surface area contributed by atoms with Crippen molar-refractivity contribution in [3.05, 3.63) is 6.92 Å². The summed E-state index contributed by atoms with van der Waals surface area (Å²) in [5.41, 5.74) is 5.73. The predicted octanol–water partition coefficient (Wildman–Crippen LogP) is 2.15. The normalized spacial score (nSPS) is 33.0. The quantitative estimate of drug-likeness (QED) is 0.629. The molecule has 0 atom stereocenters. The first-order valence-electron chi connectivity index (χ1n) is 3.87. The molecule has 1 nitrogen and oxygen atoms in total. The monoisotopic (exact) mass is 162 g/mol. The van der Waals surface area contributed by atoms with Gasteiger partial charge < -0.3 is 5.73 Å². The van der Waals surface area contributed by atoms with Gasteiger partial charge >= 0.3 is 0 Å². The van der Waals surface area contributed by atoms with E-state index in [9.17, 15) is 0 Å². The Morgan fingerprint density at radius 2 is 1.70 bits per heavy atom. The van der Waals surface area contributed by atoms with Crippen molar-refractivity contribution in [1.29, 1.82) is 0 Å². The van der Waals surface area contributed by atoms with Crippen molar-refractivity contribution in [2.45, 2.75) is 38.1 Å². The molecule has 1 radical (unpaired) electrons. The second-order valence-corrected chi connectivity index (χ2v) is 3.07. The molecule has 2 N–H and O–H groups in total. The van der Waals surface area contributed by atoms with Gasteiger partial charge in [0, 0.05) is 6.04 Å². The minimum absolute atomic E-state index is 0. The Labute approximate surface area is 69.8 Å². The topological polar surface area (TPSA) is 26.0 Å². The molecule has 0 aromatic rings. The maximum atomic E-state index is 5.73. The van der Waals surface area contributed by atoms with Crippen LogP contribution in [-0.2, 0) is 0 Å². The smallest absolute Gasteiger partial charge is 0.00390 e. The molecule has 1 saturated carbocycles. The van der Waals surface area contributed by atoms with Crippen LogP contribution in [0.25, 0.3) is 0 Å². The molecule has 1 aliphatic carbocycles. The summed E-state index contributed by atoms with van der Waals surface area (Å²) in [4.78, 5) is 0. The van der Waals surface area contributed by atoms with Crippen LogP contribution >= 0.6 is 12.4 Å². The van der Waals surface area contributed by atoms with Crippen LogP contribution in [0.15, 0.2) is 0 Å². The maximum Gasteiger partial charge on any atom is 0.00390 e. The van der Waals surface area contributed by atoms with E-state index in [4.69, 9.17) is 5.73 Å². The van der Waals surface area contributed by atoms with E-state index in [1.165, 1.54) is 25.7 Å². The first kappa shape index (κ1) is 10.2. The summed E-state index contributed by atoms with van der Waals surface area (Å²) in [5.74, 6) is 0.879. The third-order valence-electron chi connectivity index (χ3n) is 2.30. The second-order valence-electron chi connectivity index (χ2n) is 3.07. The van der Waals surface area contributed by atoms with Crippen molar-refractivity contribution in [3.8, 4) is 0 Å². The van der Waals surface area contributed by atoms with Crippen molar-refractivity contribution in [2.24, 2.45) is 11.7 Å². The predicted molar refractivity (Wildman–Crippen MR) is 47.2 cm³/mol. The van der Waals surface area contributed by atoms with Gasteiger partial charge in [-0.05, 0) is 31.6 Å². The van der Waals surface area contributed by atoms with Crippen molar-refractivity contribution < 1.29 is 0 Å². The van der Waals surface area contributed by atoms with Crippen LogP contribution in [0.3, 0.4) is 0 Å². The van der Waals surface area contributed by atoms with E-state index in [0.29, 0.717) is 6.04 Å². The Balaban J connectivity index is 0.000000810. The van der Waals surface area contributed by atoms with Crippen LogP contribution in [0, 0.1) is 12.8 Å². The van der Waals surface area contributed by atoms with Gasteiger partial charge in [0.25, 0.3) is 0 Å². The Bertz CT molecular complexity index is 77.3. The third-order valence-corrected chi connectivity index (χ3v) is 2.30. The van der Waals surface area contributed by atoms with Crippen molar-refractivity contribution in [1.82, 2.24) is 0 Å². The van der Waals surface area contributed by atoms with Gasteiger partial charge in [-0.15, -0.1) is 12.4 Å². The lowest BCUT2D eigenvalue weighted by Gasteiger charge is -2.24. The zero-order valence-electron chi connectivity index (χ0n) is 6.38. The standard InChI is InChI=1S/C8H16N.ClH/c1-2-7-3-5-8(9)6-4-7;/h7-8H,1-6,9H2;1H. The van der Waals surface area contributed by atoms with Gasteiger partial charge in [-0.2, -0.15) is 0 Å². The van der Waals surface area contributed by atoms with Crippen LogP contribution in [0.2, 0.25) is 0 Å². The van der Waals surface area contributed by atoms with Crippen LogP contribution in [-0.4, -0.2) is 6.04 Å². The highest BCUT2D eigenvalue weighted by Crippen LogP contribution is 2.24. The SMILES string of the molecule is Cl.[CH2]CC1CCC(N)CC1. The number of hydrogen-bond acceptors (Lipinski definition) is 1. The average Bonchev–Trinajstić information content (AvgIpc) is 1.90. The van der Waals surface area contributed by atoms with Gasteiger partial charge in [0.15, 0.2) is 0 Å². The van der Waals surface area contributed by atoms with E-state index in [0.717, 1.165) is 12.3 Å². The molecule has 1 fully saturated rings. The first-order chi connectivity index (χ1) is 4.33. The molecule has 1 rings (SSSR count). The molecule has 0 amide bonds. The van der Waals surface area contributed by atoms with Crippen molar-refractivity contribution in [2.75, 3.05) is 0 Å². The first-order valence-corrected chi connectivity index (χ1v) is 3.87. The molecule has 1 aliphatic rings. The number of halogens is 1. The molecular formula is C8H17ClN. The Kier molecular flexibility index (Phi) is 5.10. The number of rotatable bonds is 1. The largest absolute Gasteiger partial charge is 0.328 e. The third kappa shape index (κ3) is 2.89. The summed E-state index contributed by atoms with van der Waals surface area (Å²) in [6.45, 7) is 3.89. The summed E-state index contributed by atoms with van der Waals surface area (Å²) in [6.07, 6.45) is 6.17. The van der Waals surface area contributed by atoms with Crippen LogP contribution < -0.4 is 5.73 Å². The molecule has 0 aliphatic heterocycles. The summed E-state index contributed by atoms with van der Waals surface area (Å²) in [5, 5.41) is 0. The fraction of sp³-hybridized carbons (Fsp3) is 0.875. The Morgan fingerprint density at radius 1 is 1.20 bits per heavy atom. The summed E-state index contributed by atoms with van der Waals surface area (Å²) >= 11 is 0. The molecule has 61 valence electrons. The molecule has 0 bridgehead atoms. The average molecular weight is 163 g/mol. The Morgan fingerprint density at radius 3 is 2.10 bits per heavy atom.